The molecule has 1 heterocycles. The van der Waals surface area contributed by atoms with E-state index in [2.05, 4.69) is 15.0 Å². The molecule has 1 aromatic heterocycles. The minimum absolute atomic E-state index is 0.0734. The molecule has 0 saturated heterocycles. The lowest BCUT2D eigenvalue weighted by Crippen LogP contribution is -2.26. The number of hydrogen-bond acceptors (Lipinski definition) is 4. The van der Waals surface area contributed by atoms with Crippen molar-refractivity contribution in [1.29, 1.82) is 0 Å². The maximum Gasteiger partial charge on any atom is 0.241 e. The number of aromatic nitrogens is 1. The first-order valence-corrected chi connectivity index (χ1v) is 11.3. The van der Waals surface area contributed by atoms with Gasteiger partial charge < -0.3 is 5.32 Å². The van der Waals surface area contributed by atoms with Crippen LogP contribution in [0, 0.1) is 0 Å². The molecule has 0 aliphatic rings. The van der Waals surface area contributed by atoms with Crippen LogP contribution in [0.1, 0.15) is 36.2 Å². The van der Waals surface area contributed by atoms with Crippen LogP contribution in [0.2, 0.25) is 0 Å². The smallest absolute Gasteiger partial charge is 0.241 e. The van der Waals surface area contributed by atoms with Crippen molar-refractivity contribution in [3.8, 4) is 0 Å². The predicted octanol–water partition coefficient (Wildman–Crippen LogP) is 3.37. The van der Waals surface area contributed by atoms with E-state index < -0.39 is 10.0 Å². The highest BCUT2D eigenvalue weighted by Gasteiger charge is 2.18. The molecule has 3 rings (SSSR count). The molecule has 0 aliphatic heterocycles. The molecule has 0 unspecified atom stereocenters. The van der Waals surface area contributed by atoms with Crippen LogP contribution >= 0.6 is 0 Å². The average molecular weight is 424 g/mol. The summed E-state index contributed by atoms with van der Waals surface area (Å²) in [5.41, 5.74) is 2.60. The number of amides is 1. The van der Waals surface area contributed by atoms with Crippen molar-refractivity contribution >= 4 is 15.9 Å². The molecule has 0 radical (unpaired) electrons. The predicted molar refractivity (Wildman–Crippen MR) is 116 cm³/mol. The molecular formula is C23H25N3O3S. The van der Waals surface area contributed by atoms with Crippen LogP contribution < -0.4 is 10.0 Å². The quantitative estimate of drug-likeness (QED) is 0.552. The molecule has 0 bridgehead atoms. The number of aryl methyl sites for hydroxylation is 1. The zero-order valence-corrected chi connectivity index (χ0v) is 17.6. The van der Waals surface area contributed by atoms with Crippen molar-refractivity contribution in [1.82, 2.24) is 15.0 Å². The summed E-state index contributed by atoms with van der Waals surface area (Å²) in [6, 6.07) is 21.3. The summed E-state index contributed by atoms with van der Waals surface area (Å²) >= 11 is 0. The maximum atomic E-state index is 12.6. The second kappa shape index (κ2) is 10.1. The number of nitrogens with zero attached hydrogens (tertiary/aromatic N) is 1. The van der Waals surface area contributed by atoms with E-state index in [0.717, 1.165) is 16.8 Å². The Bertz CT molecular complexity index is 1050. The number of pyridine rings is 1. The normalized spacial score (nSPS) is 12.3. The van der Waals surface area contributed by atoms with Crippen LogP contribution in [-0.4, -0.2) is 19.3 Å². The lowest BCUT2D eigenvalue weighted by Gasteiger charge is -2.15. The van der Waals surface area contributed by atoms with Gasteiger partial charge in [0.15, 0.2) is 0 Å². The first-order chi connectivity index (χ1) is 14.4. The third kappa shape index (κ3) is 6.23. The second-order valence-electron chi connectivity index (χ2n) is 7.00. The molecule has 0 fully saturated rings. The Kier molecular flexibility index (Phi) is 7.32. The van der Waals surface area contributed by atoms with E-state index >= 15 is 0 Å². The second-order valence-corrected chi connectivity index (χ2v) is 8.71. The van der Waals surface area contributed by atoms with Crippen molar-refractivity contribution in [2.45, 2.75) is 37.2 Å². The molecule has 1 amide bonds. The van der Waals surface area contributed by atoms with Crippen molar-refractivity contribution in [3.63, 3.8) is 0 Å². The van der Waals surface area contributed by atoms with Crippen molar-refractivity contribution in [2.75, 3.05) is 0 Å². The van der Waals surface area contributed by atoms with E-state index in [1.807, 2.05) is 55.5 Å². The van der Waals surface area contributed by atoms with E-state index in [-0.39, 0.29) is 16.8 Å². The van der Waals surface area contributed by atoms with Crippen LogP contribution in [0.3, 0.4) is 0 Å². The van der Waals surface area contributed by atoms with E-state index in [4.69, 9.17) is 0 Å². The van der Waals surface area contributed by atoms with Gasteiger partial charge in [0.2, 0.25) is 15.9 Å². The Balaban J connectivity index is 1.52. The highest BCUT2D eigenvalue weighted by atomic mass is 32.2. The third-order valence-electron chi connectivity index (χ3n) is 4.70. The highest BCUT2D eigenvalue weighted by molar-refractivity contribution is 7.89. The minimum atomic E-state index is -3.63. The van der Waals surface area contributed by atoms with E-state index in [1.54, 1.807) is 30.5 Å². The first kappa shape index (κ1) is 21.7. The standard InChI is InChI=1S/C23H25N3O3S/c1-18(20-7-3-2-4-8-20)26-30(28,29)22-13-10-19(11-14-22)12-15-23(27)25-17-21-9-5-6-16-24-21/h2-11,13-14,16,18,26H,12,15,17H2,1H3,(H,25,27)/t18-/m0/s1. The summed E-state index contributed by atoms with van der Waals surface area (Å²) in [6.07, 6.45) is 2.54. The van der Waals surface area contributed by atoms with Gasteiger partial charge in [-0.15, -0.1) is 0 Å². The van der Waals surface area contributed by atoms with Crippen LogP contribution in [-0.2, 0) is 27.8 Å². The zero-order valence-electron chi connectivity index (χ0n) is 16.8. The van der Waals surface area contributed by atoms with Crippen molar-refractivity contribution in [2.24, 2.45) is 0 Å². The number of sulfonamides is 1. The van der Waals surface area contributed by atoms with Gasteiger partial charge >= 0.3 is 0 Å². The van der Waals surface area contributed by atoms with Gasteiger partial charge in [-0.25, -0.2) is 13.1 Å². The Morgan fingerprint density at radius 3 is 2.33 bits per heavy atom. The fourth-order valence-electron chi connectivity index (χ4n) is 2.98. The van der Waals surface area contributed by atoms with Crippen LogP contribution in [0.25, 0.3) is 0 Å². The van der Waals surface area contributed by atoms with Crippen molar-refractivity contribution < 1.29 is 13.2 Å². The molecule has 0 saturated carbocycles. The molecule has 0 spiro atoms. The molecule has 3 aromatic rings. The minimum Gasteiger partial charge on any atom is -0.350 e. The summed E-state index contributed by atoms with van der Waals surface area (Å²) < 4.78 is 28.0. The molecule has 2 aromatic carbocycles. The van der Waals surface area contributed by atoms with Gasteiger partial charge in [-0.3, -0.25) is 9.78 Å². The van der Waals surface area contributed by atoms with Gasteiger partial charge in [-0.05, 0) is 48.7 Å². The first-order valence-electron chi connectivity index (χ1n) is 9.77. The molecule has 0 aliphatic carbocycles. The van der Waals surface area contributed by atoms with E-state index in [0.29, 0.717) is 19.4 Å². The molecule has 7 heteroatoms. The SMILES string of the molecule is C[C@H](NS(=O)(=O)c1ccc(CCC(=O)NCc2ccccn2)cc1)c1ccccc1. The fraction of sp³-hybridized carbons (Fsp3) is 0.217. The van der Waals surface area contributed by atoms with Crippen molar-refractivity contribution in [3.05, 3.63) is 95.8 Å². The molecule has 156 valence electrons. The van der Waals surface area contributed by atoms with Crippen LogP contribution in [0.15, 0.2) is 83.9 Å². The van der Waals surface area contributed by atoms with Gasteiger partial charge in [-0.1, -0.05) is 48.5 Å². The van der Waals surface area contributed by atoms with E-state index in [9.17, 15) is 13.2 Å². The molecule has 1 atom stereocenters. The van der Waals surface area contributed by atoms with Gasteiger partial charge in [-0.2, -0.15) is 0 Å². The lowest BCUT2D eigenvalue weighted by molar-refractivity contribution is -0.121. The summed E-state index contributed by atoms with van der Waals surface area (Å²) in [5.74, 6) is -0.0734. The van der Waals surface area contributed by atoms with Gasteiger partial charge in [0.1, 0.15) is 0 Å². The Morgan fingerprint density at radius 1 is 0.967 bits per heavy atom. The van der Waals surface area contributed by atoms with Crippen LogP contribution in [0.4, 0.5) is 0 Å². The van der Waals surface area contributed by atoms with E-state index in [1.165, 1.54) is 0 Å². The topological polar surface area (TPSA) is 88.2 Å². The third-order valence-corrected chi connectivity index (χ3v) is 6.26. The van der Waals surface area contributed by atoms with Gasteiger partial charge in [0, 0.05) is 18.7 Å². The van der Waals surface area contributed by atoms with Gasteiger partial charge in [0.25, 0.3) is 0 Å². The number of carbonyl (C=O) groups is 1. The summed E-state index contributed by atoms with van der Waals surface area (Å²) in [5, 5.41) is 2.83. The van der Waals surface area contributed by atoms with Crippen LogP contribution in [0.5, 0.6) is 0 Å². The fourth-order valence-corrected chi connectivity index (χ4v) is 4.22. The number of benzene rings is 2. The average Bonchev–Trinajstić information content (AvgIpc) is 2.77. The largest absolute Gasteiger partial charge is 0.350 e. The lowest BCUT2D eigenvalue weighted by atomic mass is 10.1. The number of rotatable bonds is 9. The molecule has 2 N–H and O–H groups in total. The number of nitrogens with one attached hydrogen (secondary N) is 2. The number of carbonyl (C=O) groups excluding carboxylic acids is 1. The molecule has 30 heavy (non-hydrogen) atoms. The Hall–Kier alpha value is -3.03. The monoisotopic (exact) mass is 423 g/mol. The maximum absolute atomic E-state index is 12.6. The Morgan fingerprint density at radius 2 is 1.67 bits per heavy atom. The highest BCUT2D eigenvalue weighted by Crippen LogP contribution is 2.17. The molecule has 6 nitrogen and oxygen atoms in total. The Labute approximate surface area is 177 Å². The summed E-state index contributed by atoms with van der Waals surface area (Å²) in [6.45, 7) is 2.20. The van der Waals surface area contributed by atoms with Gasteiger partial charge in [0.05, 0.1) is 17.1 Å². The number of hydrogen-bond donors (Lipinski definition) is 2. The molecular weight excluding hydrogens is 398 g/mol. The summed E-state index contributed by atoms with van der Waals surface area (Å²) in [4.78, 5) is 16.4. The zero-order chi connectivity index (χ0) is 21.4. The summed E-state index contributed by atoms with van der Waals surface area (Å²) in [7, 11) is -3.63.